The Labute approximate surface area is 238 Å². The average Bonchev–Trinajstić information content (AvgIpc) is 3.45. The number of aromatic nitrogens is 6. The van der Waals surface area contributed by atoms with E-state index in [2.05, 4.69) is 19.9 Å². The number of aliphatic hydroxyl groups is 1. The molecule has 4 aromatic rings. The number of carbonyl (C=O) groups is 1. The third-order valence-electron chi connectivity index (χ3n) is 5.74. The topological polar surface area (TPSA) is 126 Å². The van der Waals surface area contributed by atoms with Crippen LogP contribution in [0.15, 0.2) is 53.3 Å². The van der Waals surface area contributed by atoms with Crippen LogP contribution in [0.4, 0.5) is 22.0 Å². The van der Waals surface area contributed by atoms with Gasteiger partial charge in [0.1, 0.15) is 12.2 Å². The van der Waals surface area contributed by atoms with Crippen molar-refractivity contribution < 1.29 is 41.3 Å². The third kappa shape index (κ3) is 6.94. The zero-order valence-electron chi connectivity index (χ0n) is 21.8. The number of carbonyl (C=O) groups excluding carboxylic acids is 1. The molecule has 0 aliphatic heterocycles. The Morgan fingerprint density at radius 2 is 1.76 bits per heavy atom. The number of aliphatic hydroxyl groups excluding tert-OH is 1. The van der Waals surface area contributed by atoms with Crippen LogP contribution in [0, 0.1) is 0 Å². The molecule has 2 atom stereocenters. The van der Waals surface area contributed by atoms with E-state index in [0.717, 1.165) is 16.3 Å². The van der Waals surface area contributed by atoms with Crippen molar-refractivity contribution in [1.29, 1.82) is 0 Å². The van der Waals surface area contributed by atoms with E-state index < -0.39 is 49.7 Å². The number of hydrogen-bond donors (Lipinski definition) is 1. The second kappa shape index (κ2) is 12.3. The molecule has 1 unspecified atom stereocenters. The van der Waals surface area contributed by atoms with Gasteiger partial charge in [-0.15, -0.1) is 10.2 Å². The van der Waals surface area contributed by atoms with Gasteiger partial charge < -0.3 is 14.6 Å². The molecule has 2 heterocycles. The molecule has 0 amide bonds. The molecule has 42 heavy (non-hydrogen) atoms. The summed E-state index contributed by atoms with van der Waals surface area (Å²) in [5.74, 6) is -1.34. The highest BCUT2D eigenvalue weighted by molar-refractivity contribution is 6.30. The summed E-state index contributed by atoms with van der Waals surface area (Å²) in [5, 5.41) is 18.4. The van der Waals surface area contributed by atoms with Crippen LogP contribution in [0.5, 0.6) is 5.75 Å². The molecular formula is C25H22ClF5N6O5. The molecule has 224 valence electrons. The monoisotopic (exact) mass is 616 g/mol. The molecule has 4 rings (SSSR count). The van der Waals surface area contributed by atoms with E-state index in [9.17, 15) is 36.6 Å². The standard InChI is InChI=1S/C25H22ClF5N6O5/c1-13(41-14(2)38)21-32-20(33-37(21)17-5-3-4-6-18(17)42-23(27)28)12-36-24(40)35(11-19(39)25(29,30)31)22(34-36)15-7-9-16(26)10-8-15/h3-10,13,19,23,39H,11-12H2,1-2H3/t13?,19-/m0/s1. The average molecular weight is 617 g/mol. The molecule has 0 saturated carbocycles. The van der Waals surface area contributed by atoms with Gasteiger partial charge in [-0.3, -0.25) is 9.36 Å². The molecule has 0 fully saturated rings. The van der Waals surface area contributed by atoms with Crippen molar-refractivity contribution in [2.45, 2.75) is 51.9 Å². The van der Waals surface area contributed by atoms with Gasteiger partial charge >= 0.3 is 24.4 Å². The van der Waals surface area contributed by atoms with Gasteiger partial charge in [-0.2, -0.15) is 22.0 Å². The molecule has 2 aromatic heterocycles. The number of nitrogens with zero attached hydrogens (tertiary/aromatic N) is 6. The van der Waals surface area contributed by atoms with Crippen molar-refractivity contribution in [2.75, 3.05) is 0 Å². The first kappa shape index (κ1) is 30.6. The lowest BCUT2D eigenvalue weighted by molar-refractivity contribution is -0.207. The molecule has 1 N–H and O–H groups in total. The van der Waals surface area contributed by atoms with E-state index >= 15 is 0 Å². The van der Waals surface area contributed by atoms with Gasteiger partial charge in [0, 0.05) is 17.5 Å². The van der Waals surface area contributed by atoms with Crippen LogP contribution >= 0.6 is 11.6 Å². The number of para-hydroxylation sites is 2. The number of rotatable bonds is 10. The van der Waals surface area contributed by atoms with Crippen molar-refractivity contribution in [3.05, 3.63) is 75.7 Å². The Morgan fingerprint density at radius 3 is 2.38 bits per heavy atom. The molecule has 0 aliphatic rings. The molecule has 0 aliphatic carbocycles. The van der Waals surface area contributed by atoms with Crippen LogP contribution in [0.1, 0.15) is 31.6 Å². The quantitative estimate of drug-likeness (QED) is 0.208. The van der Waals surface area contributed by atoms with E-state index in [1.807, 2.05) is 0 Å². The smallest absolute Gasteiger partial charge is 0.416 e. The van der Waals surface area contributed by atoms with Crippen LogP contribution in [0.25, 0.3) is 17.1 Å². The zero-order valence-corrected chi connectivity index (χ0v) is 22.6. The van der Waals surface area contributed by atoms with Gasteiger partial charge in [-0.25, -0.2) is 19.1 Å². The van der Waals surface area contributed by atoms with Crippen LogP contribution < -0.4 is 10.4 Å². The zero-order chi connectivity index (χ0) is 30.8. The maximum Gasteiger partial charge on any atom is 0.416 e. The Bertz CT molecular complexity index is 1620. The maximum atomic E-state index is 13.2. The van der Waals surface area contributed by atoms with Crippen LogP contribution in [-0.4, -0.2) is 59.1 Å². The fourth-order valence-electron chi connectivity index (χ4n) is 3.94. The Hall–Kier alpha value is -4.31. The third-order valence-corrected chi connectivity index (χ3v) is 5.99. The molecule has 0 saturated heterocycles. The lowest BCUT2D eigenvalue weighted by atomic mass is 10.2. The molecule has 0 radical (unpaired) electrons. The van der Waals surface area contributed by atoms with Crippen molar-refractivity contribution in [3.8, 4) is 22.8 Å². The highest BCUT2D eigenvalue weighted by Gasteiger charge is 2.39. The highest BCUT2D eigenvalue weighted by Crippen LogP contribution is 2.28. The summed E-state index contributed by atoms with van der Waals surface area (Å²) < 4.78 is 77.9. The lowest BCUT2D eigenvalue weighted by Gasteiger charge is -2.15. The van der Waals surface area contributed by atoms with E-state index in [0.29, 0.717) is 9.59 Å². The largest absolute Gasteiger partial charge is 0.455 e. The number of alkyl halides is 5. The maximum absolute atomic E-state index is 13.2. The number of benzene rings is 2. The minimum Gasteiger partial charge on any atom is -0.455 e. The van der Waals surface area contributed by atoms with E-state index in [1.165, 1.54) is 55.5 Å². The summed E-state index contributed by atoms with van der Waals surface area (Å²) in [6, 6.07) is 11.3. The SMILES string of the molecule is CC(=O)OC(C)c1nc(Cn2nc(-c3ccc(Cl)cc3)n(C[C@H](O)C(F)(F)F)c2=O)nn1-c1ccccc1OC(F)F. The molecule has 0 spiro atoms. The van der Waals surface area contributed by atoms with Crippen molar-refractivity contribution in [3.63, 3.8) is 0 Å². The van der Waals surface area contributed by atoms with Gasteiger partial charge in [0.2, 0.25) is 0 Å². The minimum absolute atomic E-state index is 0.00131. The first-order valence-electron chi connectivity index (χ1n) is 12.1. The predicted octanol–water partition coefficient (Wildman–Crippen LogP) is 4.14. The number of hydrogen-bond acceptors (Lipinski definition) is 8. The molecule has 0 bridgehead atoms. The van der Waals surface area contributed by atoms with Crippen LogP contribution in [0.3, 0.4) is 0 Å². The summed E-state index contributed by atoms with van der Waals surface area (Å²) >= 11 is 5.91. The van der Waals surface area contributed by atoms with Crippen molar-refractivity contribution in [2.24, 2.45) is 0 Å². The number of ether oxygens (including phenoxy) is 2. The number of halogens is 6. The Morgan fingerprint density at radius 1 is 1.10 bits per heavy atom. The van der Waals surface area contributed by atoms with Gasteiger partial charge in [0.15, 0.2) is 35.4 Å². The Balaban J connectivity index is 1.81. The Kier molecular flexibility index (Phi) is 8.96. The summed E-state index contributed by atoms with van der Waals surface area (Å²) in [5.41, 5.74) is -0.806. The fraction of sp³-hybridized carbons (Fsp3) is 0.320. The van der Waals surface area contributed by atoms with Crippen LogP contribution in [-0.2, 0) is 22.6 Å². The molecule has 17 heteroatoms. The highest BCUT2D eigenvalue weighted by atomic mass is 35.5. The summed E-state index contributed by atoms with van der Waals surface area (Å²) in [6.07, 6.45) is -8.95. The van der Waals surface area contributed by atoms with E-state index in [-0.39, 0.29) is 34.5 Å². The van der Waals surface area contributed by atoms with Crippen LogP contribution in [0.2, 0.25) is 5.02 Å². The van der Waals surface area contributed by atoms with Gasteiger partial charge in [-0.1, -0.05) is 23.7 Å². The van der Waals surface area contributed by atoms with Gasteiger partial charge in [0.25, 0.3) is 0 Å². The van der Waals surface area contributed by atoms with Gasteiger partial charge in [0.05, 0.1) is 6.54 Å². The minimum atomic E-state index is -5.02. The summed E-state index contributed by atoms with van der Waals surface area (Å²) in [6.45, 7) is -2.25. The second-order valence-corrected chi connectivity index (χ2v) is 9.27. The summed E-state index contributed by atoms with van der Waals surface area (Å²) in [4.78, 5) is 29.1. The predicted molar refractivity (Wildman–Crippen MR) is 136 cm³/mol. The van der Waals surface area contributed by atoms with Gasteiger partial charge in [-0.05, 0) is 43.3 Å². The lowest BCUT2D eigenvalue weighted by Crippen LogP contribution is -2.37. The first-order valence-corrected chi connectivity index (χ1v) is 12.5. The van der Waals surface area contributed by atoms with Crippen molar-refractivity contribution in [1.82, 2.24) is 29.1 Å². The molecular weight excluding hydrogens is 595 g/mol. The van der Waals surface area contributed by atoms with E-state index in [1.54, 1.807) is 0 Å². The van der Waals surface area contributed by atoms with Crippen molar-refractivity contribution >= 4 is 17.6 Å². The normalized spacial score (nSPS) is 13.3. The first-order chi connectivity index (χ1) is 19.7. The van der Waals surface area contributed by atoms with E-state index in [4.69, 9.17) is 16.3 Å². The fourth-order valence-corrected chi connectivity index (χ4v) is 4.06. The molecule has 2 aromatic carbocycles. The second-order valence-electron chi connectivity index (χ2n) is 8.83. The summed E-state index contributed by atoms with van der Waals surface area (Å²) in [7, 11) is 0. The molecule has 11 nitrogen and oxygen atoms in total. The number of esters is 1.